The molecule has 0 aliphatic rings. The van der Waals surface area contributed by atoms with Crippen LogP contribution >= 0.6 is 0 Å². The molecule has 0 aromatic heterocycles. The molecule has 1 atom stereocenters. The molecule has 17 heavy (non-hydrogen) atoms. The van der Waals surface area contributed by atoms with Gasteiger partial charge in [-0.05, 0) is 44.5 Å². The van der Waals surface area contributed by atoms with Crippen molar-refractivity contribution in [3.05, 3.63) is 34.9 Å². The highest BCUT2D eigenvalue weighted by Gasteiger charge is 2.09. The molecule has 0 saturated heterocycles. The average Bonchev–Trinajstić information content (AvgIpc) is 2.29. The molecular weight excluding hydrogens is 208 g/mol. The van der Waals surface area contributed by atoms with E-state index in [0.717, 1.165) is 26.1 Å². The maximum atomic E-state index is 5.75. The van der Waals surface area contributed by atoms with Gasteiger partial charge < -0.3 is 10.6 Å². The van der Waals surface area contributed by atoms with Crippen molar-refractivity contribution in [2.24, 2.45) is 11.7 Å². The van der Waals surface area contributed by atoms with Gasteiger partial charge in [-0.25, -0.2) is 0 Å². The van der Waals surface area contributed by atoms with Crippen molar-refractivity contribution in [3.63, 3.8) is 0 Å². The molecule has 1 aromatic rings. The molecule has 0 radical (unpaired) electrons. The Kier molecular flexibility index (Phi) is 5.66. The average molecular weight is 234 g/mol. The maximum absolute atomic E-state index is 5.75. The minimum Gasteiger partial charge on any atom is -0.330 e. The highest BCUT2D eigenvalue weighted by molar-refractivity contribution is 5.30. The lowest BCUT2D eigenvalue weighted by Gasteiger charge is -2.23. The minimum atomic E-state index is 0.616. The lowest BCUT2D eigenvalue weighted by molar-refractivity contribution is 0.267. The first-order chi connectivity index (χ1) is 8.06. The third-order valence-corrected chi connectivity index (χ3v) is 3.42. The molecular formula is C15H26N2. The fraction of sp³-hybridized carbons (Fsp3) is 0.600. The van der Waals surface area contributed by atoms with Crippen LogP contribution in [0.3, 0.4) is 0 Å². The predicted octanol–water partition coefficient (Wildman–Crippen LogP) is 2.72. The number of aryl methyl sites for hydroxylation is 2. The normalized spacial score (nSPS) is 13.1. The van der Waals surface area contributed by atoms with Gasteiger partial charge in [0, 0.05) is 13.1 Å². The molecule has 0 spiro atoms. The zero-order chi connectivity index (χ0) is 12.8. The fourth-order valence-electron chi connectivity index (χ4n) is 2.19. The Balaban J connectivity index is 2.58. The van der Waals surface area contributed by atoms with Crippen LogP contribution in [0.2, 0.25) is 0 Å². The van der Waals surface area contributed by atoms with Gasteiger partial charge in [-0.3, -0.25) is 0 Å². The second-order valence-corrected chi connectivity index (χ2v) is 5.14. The third-order valence-electron chi connectivity index (χ3n) is 3.42. The summed E-state index contributed by atoms with van der Waals surface area (Å²) >= 11 is 0. The molecule has 0 aliphatic heterocycles. The van der Waals surface area contributed by atoms with E-state index in [4.69, 9.17) is 5.73 Å². The first-order valence-electron chi connectivity index (χ1n) is 6.51. The van der Waals surface area contributed by atoms with Gasteiger partial charge >= 0.3 is 0 Å². The van der Waals surface area contributed by atoms with Crippen LogP contribution in [0.25, 0.3) is 0 Å². The lowest BCUT2D eigenvalue weighted by Crippen LogP contribution is -2.29. The van der Waals surface area contributed by atoms with Crippen LogP contribution in [-0.2, 0) is 6.54 Å². The summed E-state index contributed by atoms with van der Waals surface area (Å²) in [5, 5.41) is 0. The monoisotopic (exact) mass is 234 g/mol. The molecule has 2 N–H and O–H groups in total. The SMILES string of the molecule is CCC(CN)CN(C)Cc1ccc(C)cc1C. The minimum absolute atomic E-state index is 0.616. The Morgan fingerprint density at radius 1 is 1.29 bits per heavy atom. The summed E-state index contributed by atoms with van der Waals surface area (Å²) in [6.07, 6.45) is 1.16. The molecule has 96 valence electrons. The molecule has 0 heterocycles. The summed E-state index contributed by atoms with van der Waals surface area (Å²) < 4.78 is 0. The molecule has 0 amide bonds. The first kappa shape index (κ1) is 14.2. The van der Waals surface area contributed by atoms with Gasteiger partial charge in [0.1, 0.15) is 0 Å². The summed E-state index contributed by atoms with van der Waals surface area (Å²) in [5.41, 5.74) is 9.89. The van der Waals surface area contributed by atoms with Crippen molar-refractivity contribution in [2.45, 2.75) is 33.7 Å². The van der Waals surface area contributed by atoms with Gasteiger partial charge in [0.15, 0.2) is 0 Å². The fourth-order valence-corrected chi connectivity index (χ4v) is 2.19. The zero-order valence-corrected chi connectivity index (χ0v) is 11.7. The van der Waals surface area contributed by atoms with Crippen LogP contribution < -0.4 is 5.73 Å². The summed E-state index contributed by atoms with van der Waals surface area (Å²) in [5.74, 6) is 0.616. The molecule has 0 aliphatic carbocycles. The highest BCUT2D eigenvalue weighted by Crippen LogP contribution is 2.13. The second-order valence-electron chi connectivity index (χ2n) is 5.14. The van der Waals surface area contributed by atoms with E-state index in [1.54, 1.807) is 0 Å². The van der Waals surface area contributed by atoms with Crippen LogP contribution in [0.15, 0.2) is 18.2 Å². The first-order valence-corrected chi connectivity index (χ1v) is 6.51. The zero-order valence-electron chi connectivity index (χ0n) is 11.7. The predicted molar refractivity (Wildman–Crippen MR) is 75.1 cm³/mol. The van der Waals surface area contributed by atoms with Crippen molar-refractivity contribution >= 4 is 0 Å². The molecule has 2 nitrogen and oxygen atoms in total. The van der Waals surface area contributed by atoms with E-state index >= 15 is 0 Å². The summed E-state index contributed by atoms with van der Waals surface area (Å²) in [6, 6.07) is 6.68. The molecule has 2 heteroatoms. The van der Waals surface area contributed by atoms with E-state index in [1.165, 1.54) is 16.7 Å². The summed E-state index contributed by atoms with van der Waals surface area (Å²) in [6.45, 7) is 9.43. The van der Waals surface area contributed by atoms with Crippen LogP contribution in [0.1, 0.15) is 30.0 Å². The Labute approximate surface area is 106 Å². The van der Waals surface area contributed by atoms with Crippen LogP contribution in [-0.4, -0.2) is 25.0 Å². The number of benzene rings is 1. The van der Waals surface area contributed by atoms with Crippen LogP contribution in [0, 0.1) is 19.8 Å². The maximum Gasteiger partial charge on any atom is 0.0233 e. The van der Waals surface area contributed by atoms with E-state index in [9.17, 15) is 0 Å². The second kappa shape index (κ2) is 6.77. The van der Waals surface area contributed by atoms with Gasteiger partial charge in [0.2, 0.25) is 0 Å². The van der Waals surface area contributed by atoms with Crippen molar-refractivity contribution < 1.29 is 0 Å². The quantitative estimate of drug-likeness (QED) is 0.820. The van der Waals surface area contributed by atoms with E-state index in [0.29, 0.717) is 5.92 Å². The van der Waals surface area contributed by atoms with E-state index in [2.05, 4.69) is 50.9 Å². The van der Waals surface area contributed by atoms with Crippen LogP contribution in [0.4, 0.5) is 0 Å². The van der Waals surface area contributed by atoms with Gasteiger partial charge in [-0.15, -0.1) is 0 Å². The third kappa shape index (κ3) is 4.49. The Morgan fingerprint density at radius 3 is 2.53 bits per heavy atom. The number of hydrogen-bond acceptors (Lipinski definition) is 2. The van der Waals surface area contributed by atoms with Crippen molar-refractivity contribution in [3.8, 4) is 0 Å². The Morgan fingerprint density at radius 2 is 2.00 bits per heavy atom. The molecule has 1 aromatic carbocycles. The molecule has 0 bridgehead atoms. The smallest absolute Gasteiger partial charge is 0.0233 e. The molecule has 0 saturated carbocycles. The van der Waals surface area contributed by atoms with E-state index in [-0.39, 0.29) is 0 Å². The summed E-state index contributed by atoms with van der Waals surface area (Å²) in [4.78, 5) is 2.37. The van der Waals surface area contributed by atoms with E-state index in [1.807, 2.05) is 0 Å². The van der Waals surface area contributed by atoms with Gasteiger partial charge in [0.25, 0.3) is 0 Å². The standard InChI is InChI=1S/C15H26N2/c1-5-14(9-16)10-17(4)11-15-7-6-12(2)8-13(15)3/h6-8,14H,5,9-11,16H2,1-4H3. The number of nitrogens with two attached hydrogens (primary N) is 1. The molecule has 0 fully saturated rings. The highest BCUT2D eigenvalue weighted by atomic mass is 15.1. The van der Waals surface area contributed by atoms with Gasteiger partial charge in [-0.1, -0.05) is 37.1 Å². The largest absolute Gasteiger partial charge is 0.330 e. The lowest BCUT2D eigenvalue weighted by atomic mass is 10.0. The number of rotatable bonds is 6. The topological polar surface area (TPSA) is 29.3 Å². The van der Waals surface area contributed by atoms with E-state index < -0.39 is 0 Å². The number of hydrogen-bond donors (Lipinski definition) is 1. The summed E-state index contributed by atoms with van der Waals surface area (Å²) in [7, 11) is 2.18. The Bertz CT molecular complexity index is 343. The Hall–Kier alpha value is -0.860. The van der Waals surface area contributed by atoms with Crippen molar-refractivity contribution in [2.75, 3.05) is 20.1 Å². The molecule has 1 unspecified atom stereocenters. The van der Waals surface area contributed by atoms with Crippen LogP contribution in [0.5, 0.6) is 0 Å². The van der Waals surface area contributed by atoms with Crippen molar-refractivity contribution in [1.29, 1.82) is 0 Å². The number of nitrogens with zero attached hydrogens (tertiary/aromatic N) is 1. The molecule has 1 rings (SSSR count). The van der Waals surface area contributed by atoms with Gasteiger partial charge in [-0.2, -0.15) is 0 Å². The van der Waals surface area contributed by atoms with Gasteiger partial charge in [0.05, 0.1) is 0 Å². The van der Waals surface area contributed by atoms with Crippen molar-refractivity contribution in [1.82, 2.24) is 4.90 Å².